The van der Waals surface area contributed by atoms with E-state index in [1.807, 2.05) is 72.5 Å². The van der Waals surface area contributed by atoms with E-state index in [9.17, 15) is 14.7 Å². The van der Waals surface area contributed by atoms with Gasteiger partial charge in [0.25, 0.3) is 0 Å². The summed E-state index contributed by atoms with van der Waals surface area (Å²) in [7, 11) is 0. The molecule has 0 unspecified atom stereocenters. The fourth-order valence-corrected chi connectivity index (χ4v) is 6.02. The molecule has 2 N–H and O–H groups in total. The highest BCUT2D eigenvalue weighted by molar-refractivity contribution is 5.94. The number of nitrogens with one attached hydrogen (secondary N) is 1. The van der Waals surface area contributed by atoms with Crippen LogP contribution < -0.4 is 19.5 Å². The molecule has 0 bridgehead atoms. The van der Waals surface area contributed by atoms with Crippen LogP contribution in [0, 0.1) is 5.92 Å². The van der Waals surface area contributed by atoms with Gasteiger partial charge in [-0.2, -0.15) is 0 Å². The van der Waals surface area contributed by atoms with Gasteiger partial charge in [-0.3, -0.25) is 14.5 Å². The summed E-state index contributed by atoms with van der Waals surface area (Å²) in [4.78, 5) is 28.5. The number of aryl methyl sites for hydroxylation is 2. The molecule has 0 aliphatic carbocycles. The molecule has 3 aromatic carbocycles. The van der Waals surface area contributed by atoms with Gasteiger partial charge in [0.15, 0.2) is 11.5 Å². The Balaban J connectivity index is 1.47. The molecule has 2 aliphatic rings. The molecule has 5 rings (SSSR count). The Bertz CT molecular complexity index is 1370. The number of ether oxygens (including phenoxy) is 3. The molecule has 8 nitrogen and oxygen atoms in total. The van der Waals surface area contributed by atoms with Gasteiger partial charge >= 0.3 is 5.97 Å². The van der Waals surface area contributed by atoms with Gasteiger partial charge in [0.1, 0.15) is 5.75 Å². The van der Waals surface area contributed by atoms with Crippen LogP contribution in [0.3, 0.4) is 0 Å². The van der Waals surface area contributed by atoms with Gasteiger partial charge in [-0.1, -0.05) is 57.2 Å². The first-order valence-electron chi connectivity index (χ1n) is 14.4. The number of aliphatic carboxylic acids is 1. The standard InChI is InChI=1S/C33H38N2O6/c1-4-16-39-25-13-10-23(11-14-25)32-30(33(37)38)26(24-12-15-27-28(17-24)41-20-40-27)18-35(32)19-29(36)34-31-21(5-2)8-7-9-22(31)6-3/h7-15,17,26,30,32H,4-6,16,18-20H2,1-3H3,(H,34,36)(H,37,38)/t26-,30+,32-/m1/s1. The van der Waals surface area contributed by atoms with Crippen molar-refractivity contribution in [2.45, 2.75) is 52.0 Å². The summed E-state index contributed by atoms with van der Waals surface area (Å²) in [6.45, 7) is 7.41. The largest absolute Gasteiger partial charge is 0.494 e. The van der Waals surface area contributed by atoms with E-state index < -0.39 is 17.9 Å². The zero-order valence-corrected chi connectivity index (χ0v) is 23.9. The Morgan fingerprint density at radius 1 is 0.951 bits per heavy atom. The molecular weight excluding hydrogens is 520 g/mol. The van der Waals surface area contributed by atoms with E-state index >= 15 is 0 Å². The van der Waals surface area contributed by atoms with Crippen LogP contribution in [0.1, 0.15) is 61.4 Å². The maximum absolute atomic E-state index is 13.6. The number of nitrogens with zero attached hydrogens (tertiary/aromatic N) is 1. The van der Waals surface area contributed by atoms with Crippen LogP contribution >= 0.6 is 0 Å². The number of amides is 1. The van der Waals surface area contributed by atoms with Crippen LogP contribution in [-0.2, 0) is 22.4 Å². The fourth-order valence-electron chi connectivity index (χ4n) is 6.02. The Hall–Kier alpha value is -4.04. The Kier molecular flexibility index (Phi) is 8.78. The van der Waals surface area contributed by atoms with Crippen LogP contribution in [-0.4, -0.2) is 48.4 Å². The second-order valence-electron chi connectivity index (χ2n) is 10.6. The second-order valence-corrected chi connectivity index (χ2v) is 10.6. The maximum Gasteiger partial charge on any atom is 0.309 e. The minimum Gasteiger partial charge on any atom is -0.494 e. The lowest BCUT2D eigenvalue weighted by molar-refractivity contribution is -0.143. The van der Waals surface area contributed by atoms with E-state index in [1.54, 1.807) is 0 Å². The van der Waals surface area contributed by atoms with Crippen molar-refractivity contribution in [3.8, 4) is 17.2 Å². The molecule has 1 saturated heterocycles. The summed E-state index contributed by atoms with van der Waals surface area (Å²) in [6, 6.07) is 18.8. The van der Waals surface area contributed by atoms with Crippen molar-refractivity contribution < 1.29 is 28.9 Å². The highest BCUT2D eigenvalue weighted by atomic mass is 16.7. The number of carboxylic acid groups (broad SMARTS) is 1. The van der Waals surface area contributed by atoms with Crippen LogP contribution in [0.2, 0.25) is 0 Å². The molecule has 3 atom stereocenters. The SMILES string of the molecule is CCCOc1ccc([C@@H]2[C@@H](C(=O)O)[C@@H](c3ccc4c(c3)OCO4)CN2CC(=O)Nc2c(CC)cccc2CC)cc1. The molecule has 0 aromatic heterocycles. The van der Waals surface area contributed by atoms with Gasteiger partial charge in [-0.05, 0) is 65.8 Å². The summed E-state index contributed by atoms with van der Waals surface area (Å²) < 4.78 is 16.8. The average Bonchev–Trinajstić information content (AvgIpc) is 3.61. The number of para-hydroxylation sites is 1. The molecular formula is C33H38N2O6. The molecule has 41 heavy (non-hydrogen) atoms. The molecule has 3 aromatic rings. The summed E-state index contributed by atoms with van der Waals surface area (Å²) in [5, 5.41) is 13.7. The number of anilines is 1. The van der Waals surface area contributed by atoms with Crippen LogP contribution in [0.4, 0.5) is 5.69 Å². The third kappa shape index (κ3) is 6.03. The first kappa shape index (κ1) is 28.5. The van der Waals surface area contributed by atoms with Gasteiger partial charge in [0, 0.05) is 24.2 Å². The molecule has 0 radical (unpaired) electrons. The van der Waals surface area contributed by atoms with Crippen molar-refractivity contribution in [2.24, 2.45) is 5.92 Å². The number of carbonyl (C=O) groups excluding carboxylic acids is 1. The normalized spacial score (nSPS) is 19.7. The lowest BCUT2D eigenvalue weighted by atomic mass is 9.82. The number of carbonyl (C=O) groups is 2. The molecule has 2 aliphatic heterocycles. The number of fused-ring (bicyclic) bond motifs is 1. The van der Waals surface area contributed by atoms with Gasteiger partial charge in [0.2, 0.25) is 12.7 Å². The van der Waals surface area contributed by atoms with E-state index in [1.165, 1.54) is 0 Å². The summed E-state index contributed by atoms with van der Waals surface area (Å²) >= 11 is 0. The molecule has 2 heterocycles. The average molecular weight is 559 g/mol. The van der Waals surface area contributed by atoms with E-state index in [0.717, 1.165) is 53.0 Å². The van der Waals surface area contributed by atoms with Gasteiger partial charge in [-0.15, -0.1) is 0 Å². The van der Waals surface area contributed by atoms with E-state index in [4.69, 9.17) is 14.2 Å². The molecule has 216 valence electrons. The van der Waals surface area contributed by atoms with Gasteiger partial charge in [0.05, 0.1) is 19.1 Å². The number of hydrogen-bond acceptors (Lipinski definition) is 6. The molecule has 8 heteroatoms. The van der Waals surface area contributed by atoms with Crippen molar-refractivity contribution in [3.05, 3.63) is 82.9 Å². The molecule has 1 amide bonds. The zero-order chi connectivity index (χ0) is 28.9. The van der Waals surface area contributed by atoms with Crippen molar-refractivity contribution in [1.29, 1.82) is 0 Å². The first-order chi connectivity index (χ1) is 19.9. The topological polar surface area (TPSA) is 97.3 Å². The number of rotatable bonds is 11. The predicted octanol–water partition coefficient (Wildman–Crippen LogP) is 5.81. The fraction of sp³-hybridized carbons (Fsp3) is 0.394. The monoisotopic (exact) mass is 558 g/mol. The van der Waals surface area contributed by atoms with E-state index in [-0.39, 0.29) is 25.2 Å². The highest BCUT2D eigenvalue weighted by Crippen LogP contribution is 2.47. The van der Waals surface area contributed by atoms with Crippen molar-refractivity contribution >= 4 is 17.6 Å². The first-order valence-corrected chi connectivity index (χ1v) is 14.4. The Labute approximate surface area is 241 Å². The van der Waals surface area contributed by atoms with E-state index in [0.29, 0.717) is 24.7 Å². The minimum atomic E-state index is -0.906. The third-order valence-corrected chi connectivity index (χ3v) is 8.01. The van der Waals surface area contributed by atoms with E-state index in [2.05, 4.69) is 19.2 Å². The van der Waals surface area contributed by atoms with Crippen molar-refractivity contribution in [1.82, 2.24) is 4.90 Å². The Morgan fingerprint density at radius 2 is 1.63 bits per heavy atom. The second kappa shape index (κ2) is 12.6. The highest BCUT2D eigenvalue weighted by Gasteiger charge is 2.48. The molecule has 0 saturated carbocycles. The maximum atomic E-state index is 13.6. The summed E-state index contributed by atoms with van der Waals surface area (Å²) in [6.07, 6.45) is 2.50. The van der Waals surface area contributed by atoms with Gasteiger partial charge < -0.3 is 24.6 Å². The van der Waals surface area contributed by atoms with Crippen LogP contribution in [0.15, 0.2) is 60.7 Å². The number of likely N-dealkylation sites (tertiary alicyclic amines) is 1. The molecule has 1 fully saturated rings. The third-order valence-electron chi connectivity index (χ3n) is 8.01. The Morgan fingerprint density at radius 3 is 2.29 bits per heavy atom. The number of carboxylic acids is 1. The quantitative estimate of drug-likeness (QED) is 0.307. The zero-order valence-electron chi connectivity index (χ0n) is 23.9. The molecule has 0 spiro atoms. The van der Waals surface area contributed by atoms with Gasteiger partial charge in [-0.25, -0.2) is 0 Å². The minimum absolute atomic E-state index is 0.0603. The van der Waals surface area contributed by atoms with Crippen molar-refractivity contribution in [2.75, 3.05) is 31.8 Å². The number of benzene rings is 3. The summed E-state index contributed by atoms with van der Waals surface area (Å²) in [5.74, 6) is -0.207. The van der Waals surface area contributed by atoms with Crippen LogP contribution in [0.5, 0.6) is 17.2 Å². The lowest BCUT2D eigenvalue weighted by Crippen LogP contribution is -2.35. The van der Waals surface area contributed by atoms with Crippen molar-refractivity contribution in [3.63, 3.8) is 0 Å². The summed E-state index contributed by atoms with van der Waals surface area (Å²) in [5.41, 5.74) is 4.71. The number of hydrogen-bond donors (Lipinski definition) is 2. The lowest BCUT2D eigenvalue weighted by Gasteiger charge is -2.27. The smallest absolute Gasteiger partial charge is 0.309 e. The predicted molar refractivity (Wildman–Crippen MR) is 157 cm³/mol. The van der Waals surface area contributed by atoms with Crippen LogP contribution in [0.25, 0.3) is 0 Å².